The predicted octanol–water partition coefficient (Wildman–Crippen LogP) is 1.75. The van der Waals surface area contributed by atoms with Gasteiger partial charge in [0, 0.05) is 18.1 Å². The fourth-order valence-corrected chi connectivity index (χ4v) is 2.12. The van der Waals surface area contributed by atoms with Crippen molar-refractivity contribution in [3.05, 3.63) is 28.8 Å². The Hall–Kier alpha value is -1.26. The Balaban J connectivity index is 2.02. The standard InChI is InChI=1S/C13H16ClNO3/c1-17-11-3-2-10(12(14)9-11)8-13(16)15-4-6-18-7-5-15/h2-3,9H,4-8H2,1H3. The van der Waals surface area contributed by atoms with Crippen molar-refractivity contribution in [2.24, 2.45) is 0 Å². The normalized spacial score (nSPS) is 15.6. The SMILES string of the molecule is COc1ccc(CC(=O)N2CCOCC2)c(Cl)c1. The number of ether oxygens (including phenoxy) is 2. The molecule has 0 aliphatic carbocycles. The van der Waals surface area contributed by atoms with Crippen LogP contribution in [0.4, 0.5) is 0 Å². The summed E-state index contributed by atoms with van der Waals surface area (Å²) in [5.74, 6) is 0.785. The lowest BCUT2D eigenvalue weighted by atomic mass is 10.1. The van der Waals surface area contributed by atoms with Gasteiger partial charge in [0.15, 0.2) is 0 Å². The molecule has 1 aromatic rings. The maximum atomic E-state index is 12.1. The fourth-order valence-electron chi connectivity index (χ4n) is 1.89. The summed E-state index contributed by atoms with van der Waals surface area (Å²) >= 11 is 6.12. The van der Waals surface area contributed by atoms with Gasteiger partial charge in [-0.05, 0) is 17.7 Å². The van der Waals surface area contributed by atoms with Crippen LogP contribution in [0.2, 0.25) is 5.02 Å². The molecule has 1 amide bonds. The molecule has 0 spiro atoms. The lowest BCUT2D eigenvalue weighted by Gasteiger charge is -2.27. The van der Waals surface area contributed by atoms with Crippen LogP contribution in [0.5, 0.6) is 5.75 Å². The van der Waals surface area contributed by atoms with Gasteiger partial charge in [0.1, 0.15) is 5.75 Å². The number of benzene rings is 1. The molecule has 18 heavy (non-hydrogen) atoms. The first-order valence-electron chi connectivity index (χ1n) is 5.88. The molecular formula is C13H16ClNO3. The van der Waals surface area contributed by atoms with Crippen LogP contribution in [-0.4, -0.2) is 44.2 Å². The summed E-state index contributed by atoms with van der Waals surface area (Å²) in [4.78, 5) is 13.9. The molecule has 98 valence electrons. The summed E-state index contributed by atoms with van der Waals surface area (Å²) in [5, 5.41) is 0.566. The van der Waals surface area contributed by atoms with E-state index >= 15 is 0 Å². The minimum atomic E-state index is 0.0883. The van der Waals surface area contributed by atoms with Gasteiger partial charge in [0.2, 0.25) is 5.91 Å². The van der Waals surface area contributed by atoms with Crippen LogP contribution in [0.1, 0.15) is 5.56 Å². The number of methoxy groups -OCH3 is 1. The molecule has 2 rings (SSSR count). The Morgan fingerprint density at radius 2 is 2.17 bits per heavy atom. The Labute approximate surface area is 111 Å². The highest BCUT2D eigenvalue weighted by molar-refractivity contribution is 6.31. The highest BCUT2D eigenvalue weighted by atomic mass is 35.5. The van der Waals surface area contributed by atoms with E-state index in [1.165, 1.54) is 0 Å². The van der Waals surface area contributed by atoms with E-state index in [2.05, 4.69) is 0 Å². The van der Waals surface area contributed by atoms with Gasteiger partial charge in [-0.15, -0.1) is 0 Å². The van der Waals surface area contributed by atoms with Crippen molar-refractivity contribution < 1.29 is 14.3 Å². The molecule has 0 saturated carbocycles. The number of carbonyl (C=O) groups excluding carboxylic acids is 1. The number of carbonyl (C=O) groups is 1. The van der Waals surface area contributed by atoms with Crippen molar-refractivity contribution in [1.29, 1.82) is 0 Å². The van der Waals surface area contributed by atoms with E-state index in [1.54, 1.807) is 13.2 Å². The molecule has 0 atom stereocenters. The predicted molar refractivity (Wildman–Crippen MR) is 69.1 cm³/mol. The summed E-state index contributed by atoms with van der Waals surface area (Å²) in [5.41, 5.74) is 0.828. The van der Waals surface area contributed by atoms with Crippen LogP contribution < -0.4 is 4.74 Å². The number of halogens is 1. The molecule has 0 bridgehead atoms. The average molecular weight is 270 g/mol. The van der Waals surface area contributed by atoms with E-state index in [9.17, 15) is 4.79 Å². The average Bonchev–Trinajstić information content (AvgIpc) is 2.42. The van der Waals surface area contributed by atoms with Crippen LogP contribution in [0, 0.1) is 0 Å². The largest absolute Gasteiger partial charge is 0.497 e. The van der Waals surface area contributed by atoms with Crippen LogP contribution >= 0.6 is 11.6 Å². The topological polar surface area (TPSA) is 38.8 Å². The summed E-state index contributed by atoms with van der Waals surface area (Å²) in [6, 6.07) is 5.37. The molecule has 0 aromatic heterocycles. The second kappa shape index (κ2) is 6.07. The van der Waals surface area contributed by atoms with Crippen molar-refractivity contribution in [2.75, 3.05) is 33.4 Å². The summed E-state index contributed by atoms with van der Waals surface area (Å²) in [6.45, 7) is 2.55. The van der Waals surface area contributed by atoms with Crippen LogP contribution in [0.25, 0.3) is 0 Å². The van der Waals surface area contributed by atoms with Gasteiger partial charge in [-0.3, -0.25) is 4.79 Å². The molecule has 0 N–H and O–H groups in total. The van der Waals surface area contributed by atoms with Crippen molar-refractivity contribution in [2.45, 2.75) is 6.42 Å². The van der Waals surface area contributed by atoms with E-state index in [-0.39, 0.29) is 5.91 Å². The molecule has 1 fully saturated rings. The first-order valence-corrected chi connectivity index (χ1v) is 6.26. The number of hydrogen-bond acceptors (Lipinski definition) is 3. The van der Waals surface area contributed by atoms with Crippen LogP contribution in [0.15, 0.2) is 18.2 Å². The van der Waals surface area contributed by atoms with E-state index in [4.69, 9.17) is 21.1 Å². The smallest absolute Gasteiger partial charge is 0.227 e. The maximum Gasteiger partial charge on any atom is 0.227 e. The van der Waals surface area contributed by atoms with Gasteiger partial charge in [0.05, 0.1) is 26.7 Å². The molecule has 1 aliphatic heterocycles. The molecule has 5 heteroatoms. The fraction of sp³-hybridized carbons (Fsp3) is 0.462. The zero-order valence-electron chi connectivity index (χ0n) is 10.3. The van der Waals surface area contributed by atoms with Crippen molar-refractivity contribution >= 4 is 17.5 Å². The molecule has 1 heterocycles. The number of amides is 1. The highest BCUT2D eigenvalue weighted by Crippen LogP contribution is 2.23. The Bertz CT molecular complexity index is 430. The van der Waals surface area contributed by atoms with E-state index in [1.807, 2.05) is 17.0 Å². The van der Waals surface area contributed by atoms with Crippen LogP contribution in [0.3, 0.4) is 0 Å². The first-order chi connectivity index (χ1) is 8.70. The number of nitrogens with zero attached hydrogens (tertiary/aromatic N) is 1. The van der Waals surface area contributed by atoms with Gasteiger partial charge in [-0.1, -0.05) is 17.7 Å². The zero-order valence-corrected chi connectivity index (χ0v) is 11.1. The monoisotopic (exact) mass is 269 g/mol. The van der Waals surface area contributed by atoms with Gasteiger partial charge in [0.25, 0.3) is 0 Å². The first kappa shape index (κ1) is 13.2. The molecule has 0 radical (unpaired) electrons. The third-order valence-electron chi connectivity index (χ3n) is 2.97. The lowest BCUT2D eigenvalue weighted by Crippen LogP contribution is -2.41. The Morgan fingerprint density at radius 1 is 1.44 bits per heavy atom. The van der Waals surface area contributed by atoms with Gasteiger partial charge < -0.3 is 14.4 Å². The number of hydrogen-bond donors (Lipinski definition) is 0. The minimum absolute atomic E-state index is 0.0883. The molecule has 1 aromatic carbocycles. The molecular weight excluding hydrogens is 254 g/mol. The van der Waals surface area contributed by atoms with Crippen molar-refractivity contribution in [3.63, 3.8) is 0 Å². The molecule has 1 saturated heterocycles. The van der Waals surface area contributed by atoms with E-state index < -0.39 is 0 Å². The second-order valence-electron chi connectivity index (χ2n) is 4.13. The summed E-state index contributed by atoms with van der Waals surface area (Å²) in [6.07, 6.45) is 0.322. The summed E-state index contributed by atoms with van der Waals surface area (Å²) < 4.78 is 10.3. The van der Waals surface area contributed by atoms with Crippen LogP contribution in [-0.2, 0) is 16.0 Å². The minimum Gasteiger partial charge on any atom is -0.497 e. The quantitative estimate of drug-likeness (QED) is 0.839. The third kappa shape index (κ3) is 3.15. The second-order valence-corrected chi connectivity index (χ2v) is 4.53. The summed E-state index contributed by atoms with van der Waals surface area (Å²) in [7, 11) is 1.59. The number of rotatable bonds is 3. The van der Waals surface area contributed by atoms with E-state index in [0.29, 0.717) is 43.5 Å². The Kier molecular flexibility index (Phi) is 4.44. The highest BCUT2D eigenvalue weighted by Gasteiger charge is 2.18. The van der Waals surface area contributed by atoms with Gasteiger partial charge >= 0.3 is 0 Å². The molecule has 1 aliphatic rings. The maximum absolute atomic E-state index is 12.1. The third-order valence-corrected chi connectivity index (χ3v) is 3.32. The van der Waals surface area contributed by atoms with E-state index in [0.717, 1.165) is 5.56 Å². The zero-order chi connectivity index (χ0) is 13.0. The van der Waals surface area contributed by atoms with Gasteiger partial charge in [-0.2, -0.15) is 0 Å². The molecule has 4 nitrogen and oxygen atoms in total. The Morgan fingerprint density at radius 3 is 2.78 bits per heavy atom. The number of morpholine rings is 1. The van der Waals surface area contributed by atoms with Crippen molar-refractivity contribution in [1.82, 2.24) is 4.90 Å². The van der Waals surface area contributed by atoms with Gasteiger partial charge in [-0.25, -0.2) is 0 Å². The molecule has 0 unspecified atom stereocenters. The lowest BCUT2D eigenvalue weighted by molar-refractivity contribution is -0.134. The van der Waals surface area contributed by atoms with Crippen molar-refractivity contribution in [3.8, 4) is 5.75 Å².